The molecule has 0 atom stereocenters. The summed E-state index contributed by atoms with van der Waals surface area (Å²) >= 11 is 0. The minimum Gasteiger partial charge on any atom is -0.395 e. The Morgan fingerprint density at radius 2 is 1.85 bits per heavy atom. The quantitative estimate of drug-likeness (QED) is 0.499. The van der Waals surface area contributed by atoms with Crippen LogP contribution in [-0.4, -0.2) is 70.4 Å². The molecule has 33 heavy (non-hydrogen) atoms. The summed E-state index contributed by atoms with van der Waals surface area (Å²) in [5.41, 5.74) is 13.4. The summed E-state index contributed by atoms with van der Waals surface area (Å²) in [4.78, 5) is 27.4. The summed E-state index contributed by atoms with van der Waals surface area (Å²) in [6.45, 7) is 5.11. The van der Waals surface area contributed by atoms with E-state index in [1.54, 1.807) is 13.0 Å². The van der Waals surface area contributed by atoms with Crippen molar-refractivity contribution in [2.24, 2.45) is 0 Å². The van der Waals surface area contributed by atoms with Crippen LogP contribution < -0.4 is 21.3 Å². The van der Waals surface area contributed by atoms with Crippen LogP contribution in [0, 0.1) is 18.3 Å². The van der Waals surface area contributed by atoms with Gasteiger partial charge in [0.05, 0.1) is 18.4 Å². The van der Waals surface area contributed by atoms with Crippen molar-refractivity contribution in [3.05, 3.63) is 23.0 Å². The third-order valence-electron chi connectivity index (χ3n) is 6.09. The Labute approximate surface area is 189 Å². The Morgan fingerprint density at radius 1 is 1.15 bits per heavy atom. The van der Waals surface area contributed by atoms with Crippen molar-refractivity contribution in [1.82, 2.24) is 20.0 Å². The predicted octanol–water partition coefficient (Wildman–Crippen LogP) is 0.297. The molecule has 12 nitrogen and oxygen atoms in total. The number of nitrogens with two attached hydrogens (primary N) is 2. The number of piperazine rings is 1. The highest BCUT2D eigenvalue weighted by atomic mass is 16.5. The molecule has 2 aliphatic rings. The molecule has 0 saturated carbocycles. The number of aromatic nitrogens is 3. The van der Waals surface area contributed by atoms with Crippen molar-refractivity contribution in [1.29, 1.82) is 5.26 Å². The Morgan fingerprint density at radius 3 is 2.45 bits per heavy atom. The number of amides is 1. The topological polar surface area (TPSA) is 175 Å². The van der Waals surface area contributed by atoms with E-state index >= 15 is 0 Å². The average molecular weight is 449 g/mol. The molecule has 5 rings (SSSR count). The number of aliphatic hydroxyl groups excluding tert-OH is 1. The van der Waals surface area contributed by atoms with Gasteiger partial charge in [-0.15, -0.1) is 0 Å². The molecule has 170 valence electrons. The molecule has 5 heterocycles. The second kappa shape index (κ2) is 7.88. The van der Waals surface area contributed by atoms with E-state index in [1.165, 1.54) is 4.90 Å². The molecule has 0 radical (unpaired) electrons. The number of rotatable bonds is 4. The molecular weight excluding hydrogens is 426 g/mol. The molecule has 1 fully saturated rings. The lowest BCUT2D eigenvalue weighted by Gasteiger charge is -2.35. The fourth-order valence-electron chi connectivity index (χ4n) is 4.56. The largest absolute Gasteiger partial charge is 0.395 e. The highest BCUT2D eigenvalue weighted by Gasteiger charge is 2.36. The molecule has 0 bridgehead atoms. The fourth-order valence-corrected chi connectivity index (χ4v) is 4.56. The highest BCUT2D eigenvalue weighted by molar-refractivity contribution is 6.15. The normalized spacial score (nSPS) is 16.5. The number of nitrogen functional groups attached to an aromatic ring is 2. The fraction of sp³-hybridized carbons (Fsp3) is 0.381. The predicted molar refractivity (Wildman–Crippen MR) is 121 cm³/mol. The van der Waals surface area contributed by atoms with Crippen LogP contribution in [-0.2, 0) is 11.2 Å². The van der Waals surface area contributed by atoms with Gasteiger partial charge in [-0.1, -0.05) is 5.16 Å². The molecule has 3 aromatic rings. The Hall–Kier alpha value is -3.95. The lowest BCUT2D eigenvalue weighted by Crippen LogP contribution is -2.47. The van der Waals surface area contributed by atoms with Crippen molar-refractivity contribution < 1.29 is 14.4 Å². The first-order chi connectivity index (χ1) is 15.9. The molecule has 12 heteroatoms. The second-order valence-corrected chi connectivity index (χ2v) is 8.11. The van der Waals surface area contributed by atoms with E-state index in [-0.39, 0.29) is 30.6 Å². The van der Waals surface area contributed by atoms with Gasteiger partial charge in [0.1, 0.15) is 40.7 Å². The molecule has 0 aromatic carbocycles. The summed E-state index contributed by atoms with van der Waals surface area (Å²) in [5.74, 6) is 1.63. The second-order valence-electron chi connectivity index (χ2n) is 8.11. The van der Waals surface area contributed by atoms with Gasteiger partial charge in [-0.05, 0) is 6.92 Å². The minimum absolute atomic E-state index is 0.0207. The first kappa shape index (κ1) is 20.9. The van der Waals surface area contributed by atoms with Crippen molar-refractivity contribution in [3.63, 3.8) is 0 Å². The van der Waals surface area contributed by atoms with Crippen molar-refractivity contribution in [2.75, 3.05) is 60.6 Å². The Bertz CT molecular complexity index is 1300. The zero-order valence-corrected chi connectivity index (χ0v) is 18.1. The number of nitriles is 1. The van der Waals surface area contributed by atoms with Gasteiger partial charge in [-0.25, -0.2) is 14.9 Å². The number of carbonyl (C=O) groups is 1. The van der Waals surface area contributed by atoms with Crippen LogP contribution in [0.4, 0.5) is 29.1 Å². The summed E-state index contributed by atoms with van der Waals surface area (Å²) in [7, 11) is 0. The summed E-state index contributed by atoms with van der Waals surface area (Å²) in [6.07, 6.45) is 0.0207. The summed E-state index contributed by atoms with van der Waals surface area (Å²) in [5, 5.41) is 24.2. The number of anilines is 5. The summed E-state index contributed by atoms with van der Waals surface area (Å²) < 4.78 is 5.13. The van der Waals surface area contributed by atoms with E-state index in [1.807, 2.05) is 4.90 Å². The lowest BCUT2D eigenvalue weighted by atomic mass is 10.00. The number of aliphatic hydroxyl groups is 1. The van der Waals surface area contributed by atoms with Gasteiger partial charge in [-0.2, -0.15) is 5.26 Å². The third-order valence-corrected chi connectivity index (χ3v) is 6.09. The van der Waals surface area contributed by atoms with Crippen molar-refractivity contribution >= 4 is 45.8 Å². The zero-order valence-electron chi connectivity index (χ0n) is 18.1. The molecule has 3 aromatic heterocycles. The number of carbonyl (C=O) groups excluding carboxylic acids is 1. The number of aryl methyl sites for hydroxylation is 1. The van der Waals surface area contributed by atoms with Gasteiger partial charge in [0.25, 0.3) is 0 Å². The van der Waals surface area contributed by atoms with Gasteiger partial charge in [0.2, 0.25) is 5.91 Å². The van der Waals surface area contributed by atoms with E-state index in [4.69, 9.17) is 16.0 Å². The monoisotopic (exact) mass is 449 g/mol. The van der Waals surface area contributed by atoms with Crippen LogP contribution >= 0.6 is 0 Å². The number of hydrogen-bond acceptors (Lipinski definition) is 11. The molecular formula is C21H23N9O3. The van der Waals surface area contributed by atoms with E-state index < -0.39 is 0 Å². The first-order valence-corrected chi connectivity index (χ1v) is 10.6. The van der Waals surface area contributed by atoms with E-state index in [2.05, 4.69) is 26.1 Å². The first-order valence-electron chi connectivity index (χ1n) is 10.6. The maximum atomic E-state index is 13.0. The minimum atomic E-state index is -0.254. The van der Waals surface area contributed by atoms with Gasteiger partial charge in [-0.3, -0.25) is 9.69 Å². The molecule has 0 spiro atoms. The molecule has 5 N–H and O–H groups in total. The van der Waals surface area contributed by atoms with Crippen LogP contribution in [0.25, 0.3) is 10.8 Å². The van der Waals surface area contributed by atoms with Crippen LogP contribution in [0.1, 0.15) is 16.9 Å². The van der Waals surface area contributed by atoms with E-state index in [0.717, 1.165) is 13.1 Å². The maximum Gasteiger partial charge on any atom is 0.238 e. The SMILES string of the molecule is Cc1cc(N2C(=O)Cc3c2nc(N)c2c(N)nc(N4CCN(CCO)CC4)c(C#N)c32)no1. The number of hydrogen-bond donors (Lipinski definition) is 3. The molecule has 0 aliphatic carbocycles. The maximum absolute atomic E-state index is 13.0. The molecule has 2 aliphatic heterocycles. The van der Waals surface area contributed by atoms with Gasteiger partial charge in [0.15, 0.2) is 5.82 Å². The number of nitrogens with zero attached hydrogens (tertiary/aromatic N) is 7. The van der Waals surface area contributed by atoms with E-state index in [9.17, 15) is 15.2 Å². The Kier molecular flexibility index (Phi) is 4.99. The molecule has 0 unspecified atom stereocenters. The van der Waals surface area contributed by atoms with Crippen LogP contribution in [0.15, 0.2) is 10.6 Å². The van der Waals surface area contributed by atoms with Gasteiger partial charge < -0.3 is 26.0 Å². The Balaban J connectivity index is 1.67. The number of fused-ring (bicyclic) bond motifs is 3. The van der Waals surface area contributed by atoms with Gasteiger partial charge >= 0.3 is 0 Å². The van der Waals surface area contributed by atoms with Crippen LogP contribution in [0.5, 0.6) is 0 Å². The average Bonchev–Trinajstić information content (AvgIpc) is 3.36. The number of pyridine rings is 2. The zero-order chi connectivity index (χ0) is 23.3. The molecule has 1 amide bonds. The molecule has 1 saturated heterocycles. The summed E-state index contributed by atoms with van der Waals surface area (Å²) in [6, 6.07) is 3.91. The van der Waals surface area contributed by atoms with Crippen LogP contribution in [0.2, 0.25) is 0 Å². The van der Waals surface area contributed by atoms with Crippen molar-refractivity contribution in [2.45, 2.75) is 13.3 Å². The van der Waals surface area contributed by atoms with Crippen molar-refractivity contribution in [3.8, 4) is 6.07 Å². The van der Waals surface area contributed by atoms with Gasteiger partial charge in [0, 0.05) is 49.7 Å². The number of β-amino-alcohol motifs (C(OH)–C–C–N with tert-alkyl or cyclic N) is 1. The van der Waals surface area contributed by atoms with Crippen LogP contribution in [0.3, 0.4) is 0 Å². The standard InChI is InChI=1S/C21H23N9O3/c1-11-8-14(27-33-11)30-15(32)9-12-16-13(10-22)20(29-4-2-28(3-5-29)6-7-31)25-18(23)17(16)19(24)26-21(12)30/h8,31H,2-7,9H2,1H3,(H2,23,25)(H2,24,26). The third kappa shape index (κ3) is 3.29. The van der Waals surface area contributed by atoms with E-state index in [0.29, 0.717) is 64.7 Å². The highest BCUT2D eigenvalue weighted by Crippen LogP contribution is 2.43. The lowest BCUT2D eigenvalue weighted by molar-refractivity contribution is -0.116. The smallest absolute Gasteiger partial charge is 0.238 e.